The second kappa shape index (κ2) is 6.22. The van der Waals surface area contributed by atoms with Crippen molar-refractivity contribution in [1.82, 2.24) is 15.1 Å². The van der Waals surface area contributed by atoms with Crippen molar-refractivity contribution in [3.63, 3.8) is 0 Å². The molecule has 0 saturated carbocycles. The third-order valence-corrected chi connectivity index (χ3v) is 5.20. The number of fused-ring (bicyclic) bond motifs is 1. The van der Waals surface area contributed by atoms with Gasteiger partial charge in [0.1, 0.15) is 10.6 Å². The van der Waals surface area contributed by atoms with E-state index in [1.165, 1.54) is 0 Å². The van der Waals surface area contributed by atoms with Crippen molar-refractivity contribution in [3.05, 3.63) is 58.1 Å². The summed E-state index contributed by atoms with van der Waals surface area (Å²) in [6, 6.07) is 11.9. The number of anilines is 1. The smallest absolute Gasteiger partial charge is 0.204 e. The summed E-state index contributed by atoms with van der Waals surface area (Å²) in [7, 11) is 0. The van der Waals surface area contributed by atoms with E-state index in [0.717, 1.165) is 20.7 Å². The molecule has 5 nitrogen and oxygen atoms in total. The molecule has 4 aromatic rings. The van der Waals surface area contributed by atoms with Crippen LogP contribution in [0.3, 0.4) is 0 Å². The molecule has 120 valence electrons. The minimum absolute atomic E-state index is 0.494. The molecule has 3 aromatic heterocycles. The Labute approximate surface area is 147 Å². The minimum Gasteiger partial charge on any atom is -0.365 e. The Kier molecular flexibility index (Phi) is 3.92. The summed E-state index contributed by atoms with van der Waals surface area (Å²) in [6.07, 6.45) is 1.58. The predicted molar refractivity (Wildman–Crippen MR) is 96.4 cm³/mol. The van der Waals surface area contributed by atoms with Crippen LogP contribution in [0.1, 0.15) is 10.4 Å². The molecule has 0 unspecified atom stereocenters. The molecule has 1 aromatic carbocycles. The Bertz CT molecular complexity index is 983. The highest BCUT2D eigenvalue weighted by molar-refractivity contribution is 7.19. The van der Waals surface area contributed by atoms with Gasteiger partial charge in [0.2, 0.25) is 11.6 Å². The molecule has 0 aliphatic rings. The molecule has 3 heterocycles. The highest BCUT2D eigenvalue weighted by Gasteiger charge is 2.18. The molecule has 0 aliphatic heterocycles. The Morgan fingerprint density at radius 3 is 2.75 bits per heavy atom. The summed E-state index contributed by atoms with van der Waals surface area (Å²) in [4.78, 5) is 11.0. The van der Waals surface area contributed by atoms with Gasteiger partial charge >= 0.3 is 0 Å². The summed E-state index contributed by atoms with van der Waals surface area (Å²) in [5.41, 5.74) is 1.16. The van der Waals surface area contributed by atoms with Gasteiger partial charge < -0.3 is 9.84 Å². The highest BCUT2D eigenvalue weighted by atomic mass is 35.5. The molecule has 0 radical (unpaired) electrons. The lowest BCUT2D eigenvalue weighted by molar-refractivity contribution is 0.430. The lowest BCUT2D eigenvalue weighted by Gasteiger charge is -2.08. The van der Waals surface area contributed by atoms with Gasteiger partial charge in [-0.15, -0.1) is 11.3 Å². The molecule has 0 bridgehead atoms. The highest BCUT2D eigenvalue weighted by Crippen LogP contribution is 2.38. The van der Waals surface area contributed by atoms with Gasteiger partial charge in [-0.25, -0.2) is 9.97 Å². The predicted octanol–water partition coefficient (Wildman–Crippen LogP) is 4.92. The average Bonchev–Trinajstić information content (AvgIpc) is 3.23. The fourth-order valence-electron chi connectivity index (χ4n) is 2.43. The summed E-state index contributed by atoms with van der Waals surface area (Å²) >= 11 is 8.00. The maximum absolute atomic E-state index is 6.46. The average molecular weight is 357 g/mol. The van der Waals surface area contributed by atoms with E-state index in [9.17, 15) is 0 Å². The molecule has 4 rings (SSSR count). The topological polar surface area (TPSA) is 63.8 Å². The van der Waals surface area contributed by atoms with Crippen LogP contribution in [0, 0.1) is 6.92 Å². The zero-order chi connectivity index (χ0) is 16.5. The first-order chi connectivity index (χ1) is 11.7. The summed E-state index contributed by atoms with van der Waals surface area (Å²) in [5.74, 6) is 1.72. The molecule has 0 aliphatic carbocycles. The number of nitrogens with one attached hydrogen (secondary N) is 1. The monoisotopic (exact) mass is 356 g/mol. The van der Waals surface area contributed by atoms with Crippen molar-refractivity contribution in [3.8, 4) is 11.6 Å². The van der Waals surface area contributed by atoms with Gasteiger partial charge in [0.25, 0.3) is 0 Å². The molecule has 0 atom stereocenters. The second-order valence-electron chi connectivity index (χ2n) is 5.26. The second-order valence-corrected chi connectivity index (χ2v) is 6.85. The fraction of sp³-hybridized carbons (Fsp3) is 0.118. The van der Waals surface area contributed by atoms with E-state index in [0.29, 0.717) is 29.0 Å². The Morgan fingerprint density at radius 2 is 2.00 bits per heavy atom. The van der Waals surface area contributed by atoms with Crippen molar-refractivity contribution in [2.45, 2.75) is 13.5 Å². The number of thiophene rings is 1. The van der Waals surface area contributed by atoms with Crippen molar-refractivity contribution in [1.29, 1.82) is 0 Å². The number of hydrogen-bond donors (Lipinski definition) is 1. The van der Waals surface area contributed by atoms with Gasteiger partial charge in [-0.1, -0.05) is 47.1 Å². The van der Waals surface area contributed by atoms with Crippen molar-refractivity contribution < 1.29 is 4.52 Å². The largest absolute Gasteiger partial charge is 0.365 e. The number of rotatable bonds is 4. The number of nitrogens with zero attached hydrogens (tertiary/aromatic N) is 3. The van der Waals surface area contributed by atoms with Gasteiger partial charge in [0.15, 0.2) is 0 Å². The Balaban J connectivity index is 1.79. The Morgan fingerprint density at radius 1 is 1.17 bits per heavy atom. The first-order valence-electron chi connectivity index (χ1n) is 7.38. The fourth-order valence-corrected chi connectivity index (χ4v) is 3.69. The number of aryl methyl sites for hydroxylation is 1. The van der Waals surface area contributed by atoms with Crippen molar-refractivity contribution in [2.24, 2.45) is 0 Å². The van der Waals surface area contributed by atoms with Crippen molar-refractivity contribution in [2.75, 3.05) is 5.32 Å². The van der Waals surface area contributed by atoms with Crippen LogP contribution < -0.4 is 5.32 Å². The van der Waals surface area contributed by atoms with Gasteiger partial charge in [0.05, 0.1) is 16.6 Å². The third kappa shape index (κ3) is 2.74. The van der Waals surface area contributed by atoms with Gasteiger partial charge in [-0.05, 0) is 12.5 Å². The van der Waals surface area contributed by atoms with E-state index in [2.05, 4.69) is 32.6 Å². The standard InChI is InChI=1S/C17H13ClN4OS/c1-10-14(18)13-16(19-9-11-5-3-2-4-6-11)21-15(22-17(13)24-10)12-7-8-20-23-12/h2-8H,9H2,1H3,(H,19,21,22). The van der Waals surface area contributed by atoms with Crippen LogP contribution in [0.5, 0.6) is 0 Å². The lowest BCUT2D eigenvalue weighted by Crippen LogP contribution is -2.03. The molecule has 1 N–H and O–H groups in total. The van der Waals surface area contributed by atoms with E-state index in [1.807, 2.05) is 25.1 Å². The van der Waals surface area contributed by atoms with E-state index < -0.39 is 0 Å². The van der Waals surface area contributed by atoms with Crippen LogP contribution >= 0.6 is 22.9 Å². The van der Waals surface area contributed by atoms with E-state index >= 15 is 0 Å². The normalized spacial score (nSPS) is 11.1. The first-order valence-corrected chi connectivity index (χ1v) is 8.57. The van der Waals surface area contributed by atoms with E-state index in [1.54, 1.807) is 23.6 Å². The maximum Gasteiger partial charge on any atom is 0.204 e. The number of benzene rings is 1. The SMILES string of the molecule is Cc1sc2nc(-c3ccno3)nc(NCc3ccccc3)c2c1Cl. The van der Waals surface area contributed by atoms with Crippen molar-refractivity contribution >= 4 is 39.0 Å². The third-order valence-electron chi connectivity index (χ3n) is 3.62. The first kappa shape index (κ1) is 15.1. The van der Waals surface area contributed by atoms with Gasteiger partial charge in [0, 0.05) is 17.5 Å². The van der Waals surface area contributed by atoms with Crippen LogP contribution in [0.15, 0.2) is 47.1 Å². The summed E-state index contributed by atoms with van der Waals surface area (Å²) in [6.45, 7) is 2.62. The molecule has 0 saturated heterocycles. The molecule has 0 spiro atoms. The van der Waals surface area contributed by atoms with E-state index in [4.69, 9.17) is 16.1 Å². The molecule has 7 heteroatoms. The maximum atomic E-state index is 6.46. The number of halogens is 1. The lowest BCUT2D eigenvalue weighted by atomic mass is 10.2. The zero-order valence-electron chi connectivity index (χ0n) is 12.8. The minimum atomic E-state index is 0.494. The number of aromatic nitrogens is 3. The molecule has 0 fully saturated rings. The quantitative estimate of drug-likeness (QED) is 0.562. The van der Waals surface area contributed by atoms with Gasteiger partial charge in [-0.2, -0.15) is 0 Å². The van der Waals surface area contributed by atoms with E-state index in [-0.39, 0.29) is 0 Å². The zero-order valence-corrected chi connectivity index (χ0v) is 14.4. The van der Waals surface area contributed by atoms with Crippen LogP contribution in [-0.4, -0.2) is 15.1 Å². The molecule has 0 amide bonds. The number of hydrogen-bond acceptors (Lipinski definition) is 6. The molecular weight excluding hydrogens is 344 g/mol. The Hall–Kier alpha value is -2.44. The van der Waals surface area contributed by atoms with Gasteiger partial charge in [-0.3, -0.25) is 0 Å². The molecule has 24 heavy (non-hydrogen) atoms. The van der Waals surface area contributed by atoms with Crippen LogP contribution in [0.4, 0.5) is 5.82 Å². The summed E-state index contributed by atoms with van der Waals surface area (Å²) in [5, 5.41) is 8.63. The molecular formula is C17H13ClN4OS. The summed E-state index contributed by atoms with van der Waals surface area (Å²) < 4.78 is 5.19. The van der Waals surface area contributed by atoms with Crippen LogP contribution in [0.25, 0.3) is 21.8 Å². The van der Waals surface area contributed by atoms with Crippen LogP contribution in [0.2, 0.25) is 5.02 Å². The van der Waals surface area contributed by atoms with Crippen LogP contribution in [-0.2, 0) is 6.54 Å².